The number of para-hydroxylation sites is 1. The molecule has 2 heteroatoms. The lowest BCUT2D eigenvalue weighted by molar-refractivity contribution is 0.558. The molecule has 0 saturated carbocycles. The first-order valence-electron chi connectivity index (χ1n) is 7.64. The Morgan fingerprint density at radius 3 is 2.76 bits per heavy atom. The van der Waals surface area contributed by atoms with E-state index in [1.54, 1.807) is 0 Å². The second-order valence-electron chi connectivity index (χ2n) is 5.99. The van der Waals surface area contributed by atoms with Crippen LogP contribution in [0.15, 0.2) is 42.5 Å². The van der Waals surface area contributed by atoms with Crippen molar-refractivity contribution < 1.29 is 0 Å². The van der Waals surface area contributed by atoms with E-state index in [1.165, 1.54) is 38.9 Å². The fraction of sp³-hybridized carbons (Fsp3) is 0.263. The largest absolute Gasteiger partial charge is 0.357 e. The van der Waals surface area contributed by atoms with Gasteiger partial charge in [0.15, 0.2) is 0 Å². The lowest BCUT2D eigenvalue weighted by atomic mass is 9.90. The quantitative estimate of drug-likeness (QED) is 0.690. The Bertz CT molecular complexity index is 814. The Labute approximate surface area is 125 Å². The average Bonchev–Trinajstić information content (AvgIpc) is 2.89. The summed E-state index contributed by atoms with van der Waals surface area (Å²) in [5.41, 5.74) is 8.22. The van der Waals surface area contributed by atoms with Gasteiger partial charge < -0.3 is 10.3 Å². The maximum atomic E-state index is 3.69. The zero-order chi connectivity index (χ0) is 14.4. The summed E-state index contributed by atoms with van der Waals surface area (Å²) in [6, 6.07) is 15.5. The predicted octanol–water partition coefficient (Wildman–Crippen LogP) is 4.02. The molecule has 3 aromatic rings. The van der Waals surface area contributed by atoms with Crippen molar-refractivity contribution in [3.63, 3.8) is 0 Å². The second kappa shape index (κ2) is 4.74. The minimum atomic E-state index is 0.279. The molecule has 4 rings (SSSR count). The first-order chi connectivity index (χ1) is 10.3. The minimum Gasteiger partial charge on any atom is -0.357 e. The van der Waals surface area contributed by atoms with Gasteiger partial charge in [-0.25, -0.2) is 0 Å². The number of benzene rings is 2. The summed E-state index contributed by atoms with van der Waals surface area (Å²) in [6.07, 6.45) is 1.10. The highest BCUT2D eigenvalue weighted by Crippen LogP contribution is 2.34. The molecule has 21 heavy (non-hydrogen) atoms. The molecule has 0 aliphatic carbocycles. The van der Waals surface area contributed by atoms with E-state index < -0.39 is 0 Å². The third-order valence-corrected chi connectivity index (χ3v) is 4.82. The van der Waals surface area contributed by atoms with Gasteiger partial charge in [-0.15, -0.1) is 0 Å². The molecular formula is C19H20N2. The van der Waals surface area contributed by atoms with Gasteiger partial charge in [0.05, 0.1) is 6.04 Å². The number of hydrogen-bond donors (Lipinski definition) is 2. The molecule has 1 atom stereocenters. The predicted molar refractivity (Wildman–Crippen MR) is 87.8 cm³/mol. The van der Waals surface area contributed by atoms with E-state index in [4.69, 9.17) is 0 Å². The first kappa shape index (κ1) is 12.7. The third kappa shape index (κ3) is 1.90. The summed E-state index contributed by atoms with van der Waals surface area (Å²) >= 11 is 0. The van der Waals surface area contributed by atoms with Crippen LogP contribution in [-0.4, -0.2) is 11.5 Å². The van der Waals surface area contributed by atoms with E-state index in [-0.39, 0.29) is 6.04 Å². The summed E-state index contributed by atoms with van der Waals surface area (Å²) < 4.78 is 0. The number of aromatic nitrogens is 1. The number of hydrogen-bond acceptors (Lipinski definition) is 1. The van der Waals surface area contributed by atoms with Gasteiger partial charge in [-0.2, -0.15) is 0 Å². The summed E-state index contributed by atoms with van der Waals surface area (Å²) in [4.78, 5) is 3.65. The molecule has 1 aliphatic heterocycles. The average molecular weight is 276 g/mol. The van der Waals surface area contributed by atoms with Crippen LogP contribution in [0.3, 0.4) is 0 Å². The smallest absolute Gasteiger partial charge is 0.0735 e. The monoisotopic (exact) mass is 276 g/mol. The molecule has 1 aromatic heterocycles. The number of nitrogens with one attached hydrogen (secondary N) is 2. The molecule has 0 fully saturated rings. The van der Waals surface area contributed by atoms with Gasteiger partial charge in [-0.05, 0) is 48.6 Å². The normalized spacial score (nSPS) is 17.9. The molecule has 2 aromatic carbocycles. The Hall–Kier alpha value is -2.06. The summed E-state index contributed by atoms with van der Waals surface area (Å²) in [7, 11) is 0. The number of aromatic amines is 1. The van der Waals surface area contributed by atoms with Crippen molar-refractivity contribution in [3.8, 4) is 0 Å². The maximum absolute atomic E-state index is 3.69. The van der Waals surface area contributed by atoms with Crippen molar-refractivity contribution in [2.45, 2.75) is 26.3 Å². The van der Waals surface area contributed by atoms with Gasteiger partial charge in [0.2, 0.25) is 0 Å². The lowest BCUT2D eigenvalue weighted by Crippen LogP contribution is -2.31. The topological polar surface area (TPSA) is 27.8 Å². The molecule has 2 N–H and O–H groups in total. The molecule has 0 unspecified atom stereocenters. The van der Waals surface area contributed by atoms with Crippen LogP contribution in [0.2, 0.25) is 0 Å². The molecule has 0 amide bonds. The van der Waals surface area contributed by atoms with Crippen LogP contribution in [-0.2, 0) is 6.42 Å². The van der Waals surface area contributed by atoms with Crippen molar-refractivity contribution in [2.24, 2.45) is 0 Å². The molecule has 1 aliphatic rings. The van der Waals surface area contributed by atoms with E-state index in [0.29, 0.717) is 0 Å². The molecule has 2 nitrogen and oxygen atoms in total. The highest BCUT2D eigenvalue weighted by atomic mass is 15.0. The van der Waals surface area contributed by atoms with Crippen LogP contribution in [0.4, 0.5) is 0 Å². The van der Waals surface area contributed by atoms with E-state index in [9.17, 15) is 0 Å². The van der Waals surface area contributed by atoms with Gasteiger partial charge in [0.25, 0.3) is 0 Å². The molecular weight excluding hydrogens is 256 g/mol. The van der Waals surface area contributed by atoms with E-state index in [2.05, 4.69) is 66.6 Å². The van der Waals surface area contributed by atoms with Crippen LogP contribution < -0.4 is 5.32 Å². The Kier molecular flexibility index (Phi) is 2.86. The fourth-order valence-corrected chi connectivity index (χ4v) is 3.53. The van der Waals surface area contributed by atoms with Gasteiger partial charge in [0.1, 0.15) is 0 Å². The van der Waals surface area contributed by atoms with Crippen LogP contribution in [0, 0.1) is 13.8 Å². The van der Waals surface area contributed by atoms with E-state index in [0.717, 1.165) is 13.0 Å². The van der Waals surface area contributed by atoms with Crippen LogP contribution in [0.5, 0.6) is 0 Å². The van der Waals surface area contributed by atoms with Crippen molar-refractivity contribution in [3.05, 3.63) is 70.4 Å². The summed E-state index contributed by atoms with van der Waals surface area (Å²) in [6.45, 7) is 5.45. The van der Waals surface area contributed by atoms with Gasteiger partial charge in [-0.1, -0.05) is 36.4 Å². The summed E-state index contributed by atoms with van der Waals surface area (Å²) in [5.74, 6) is 0. The standard InChI is InChI=1S/C19H20N2/c1-12-6-5-8-14(13(12)2)18-19-16(10-11-20-18)15-7-3-4-9-17(15)21-19/h3-9,18,20-21H,10-11H2,1-2H3/t18-/m1/s1. The number of fused-ring (bicyclic) bond motifs is 3. The van der Waals surface area contributed by atoms with Gasteiger partial charge >= 0.3 is 0 Å². The fourth-order valence-electron chi connectivity index (χ4n) is 3.53. The van der Waals surface area contributed by atoms with Crippen molar-refractivity contribution >= 4 is 10.9 Å². The van der Waals surface area contributed by atoms with E-state index >= 15 is 0 Å². The molecule has 0 spiro atoms. The SMILES string of the molecule is Cc1cccc([C@H]2NCCc3c2[nH]c2ccccc32)c1C. The zero-order valence-electron chi connectivity index (χ0n) is 12.5. The summed E-state index contributed by atoms with van der Waals surface area (Å²) in [5, 5.41) is 5.07. The first-order valence-corrected chi connectivity index (χ1v) is 7.64. The van der Waals surface area contributed by atoms with Crippen molar-refractivity contribution in [1.82, 2.24) is 10.3 Å². The highest BCUT2D eigenvalue weighted by Gasteiger charge is 2.26. The van der Waals surface area contributed by atoms with Crippen LogP contribution in [0.25, 0.3) is 10.9 Å². The Morgan fingerprint density at radius 1 is 1.00 bits per heavy atom. The molecule has 0 bridgehead atoms. The van der Waals surface area contributed by atoms with Crippen LogP contribution >= 0.6 is 0 Å². The Morgan fingerprint density at radius 2 is 1.86 bits per heavy atom. The van der Waals surface area contributed by atoms with Crippen molar-refractivity contribution in [2.75, 3.05) is 6.54 Å². The second-order valence-corrected chi connectivity index (χ2v) is 5.99. The molecule has 0 saturated heterocycles. The number of rotatable bonds is 1. The molecule has 0 radical (unpaired) electrons. The van der Waals surface area contributed by atoms with Gasteiger partial charge in [0, 0.05) is 23.1 Å². The molecule has 2 heterocycles. The highest BCUT2D eigenvalue weighted by molar-refractivity contribution is 5.85. The minimum absolute atomic E-state index is 0.279. The Balaban J connectivity index is 1.92. The number of aryl methyl sites for hydroxylation is 1. The lowest BCUT2D eigenvalue weighted by Gasteiger charge is -2.26. The van der Waals surface area contributed by atoms with E-state index in [1.807, 2.05) is 0 Å². The zero-order valence-corrected chi connectivity index (χ0v) is 12.5. The third-order valence-electron chi connectivity index (χ3n) is 4.82. The molecule has 106 valence electrons. The maximum Gasteiger partial charge on any atom is 0.0735 e. The van der Waals surface area contributed by atoms with Crippen molar-refractivity contribution in [1.29, 1.82) is 0 Å². The van der Waals surface area contributed by atoms with Crippen LogP contribution in [0.1, 0.15) is 34.0 Å². The van der Waals surface area contributed by atoms with Gasteiger partial charge in [-0.3, -0.25) is 0 Å². The number of H-pyrrole nitrogens is 1.